The summed E-state index contributed by atoms with van der Waals surface area (Å²) in [6, 6.07) is 4.68. The topological polar surface area (TPSA) is 104 Å². The Kier molecular flexibility index (Phi) is 1.83. The number of hydrogen-bond acceptors (Lipinski definition) is 4. The molecule has 0 radical (unpaired) electrons. The van der Waals surface area contributed by atoms with Crippen LogP contribution in [0.1, 0.15) is 0 Å². The van der Waals surface area contributed by atoms with Crippen molar-refractivity contribution in [2.45, 2.75) is 0 Å². The fraction of sp³-hybridized carbons (Fsp3) is 0. The van der Waals surface area contributed by atoms with E-state index in [2.05, 4.69) is 15.6 Å². The van der Waals surface area contributed by atoms with Gasteiger partial charge >= 0.3 is 0 Å². The zero-order valence-corrected chi connectivity index (χ0v) is 7.13. The lowest BCUT2D eigenvalue weighted by Crippen LogP contribution is -2.19. The number of nitrogens with one attached hydrogen (secondary N) is 3. The van der Waals surface area contributed by atoms with Gasteiger partial charge in [-0.05, 0) is 18.2 Å². The van der Waals surface area contributed by atoms with E-state index in [9.17, 15) is 9.59 Å². The van der Waals surface area contributed by atoms with Crippen molar-refractivity contribution in [2.75, 3.05) is 5.43 Å². The maximum absolute atomic E-state index is 11.3. The second-order valence-corrected chi connectivity index (χ2v) is 2.81. The molecule has 0 fully saturated rings. The van der Waals surface area contributed by atoms with Crippen molar-refractivity contribution >= 4 is 16.5 Å². The van der Waals surface area contributed by atoms with Gasteiger partial charge in [-0.25, -0.2) is 0 Å². The summed E-state index contributed by atoms with van der Waals surface area (Å²) >= 11 is 0. The van der Waals surface area contributed by atoms with E-state index >= 15 is 0 Å². The minimum atomic E-state index is -0.350. The van der Waals surface area contributed by atoms with Crippen LogP contribution in [0.5, 0.6) is 0 Å². The molecule has 0 aliphatic heterocycles. The molecule has 0 aliphatic carbocycles. The fourth-order valence-corrected chi connectivity index (χ4v) is 1.27. The first kappa shape index (κ1) is 8.52. The number of H-pyrrole nitrogens is 2. The number of anilines is 1. The number of nitrogens with two attached hydrogens (primary N) is 1. The summed E-state index contributed by atoms with van der Waals surface area (Å²) in [6.45, 7) is 0. The van der Waals surface area contributed by atoms with Gasteiger partial charge in [0.05, 0.1) is 10.8 Å². The van der Waals surface area contributed by atoms with E-state index in [1.807, 2.05) is 0 Å². The first-order valence-corrected chi connectivity index (χ1v) is 3.93. The Labute approximate surface area is 77.7 Å². The third-order valence-electron chi connectivity index (χ3n) is 1.97. The van der Waals surface area contributed by atoms with Crippen LogP contribution in [0.15, 0.2) is 27.8 Å². The molecule has 0 saturated heterocycles. The maximum atomic E-state index is 11.3. The molecule has 0 aliphatic rings. The van der Waals surface area contributed by atoms with E-state index in [0.717, 1.165) is 0 Å². The van der Waals surface area contributed by atoms with E-state index in [1.54, 1.807) is 12.1 Å². The number of hydrazine groups is 1. The summed E-state index contributed by atoms with van der Waals surface area (Å²) in [4.78, 5) is 22.6. The number of hydrogen-bond donors (Lipinski definition) is 4. The molecule has 0 amide bonds. The lowest BCUT2D eigenvalue weighted by Gasteiger charge is -2.00. The van der Waals surface area contributed by atoms with E-state index < -0.39 is 0 Å². The van der Waals surface area contributed by atoms with Gasteiger partial charge in [-0.2, -0.15) is 0 Å². The summed E-state index contributed by atoms with van der Waals surface area (Å²) in [5.74, 6) is 5.18. The highest BCUT2D eigenvalue weighted by atomic mass is 16.1. The molecule has 14 heavy (non-hydrogen) atoms. The smallest absolute Gasteiger partial charge is 0.270 e. The lowest BCUT2D eigenvalue weighted by molar-refractivity contribution is 0.976. The molecular weight excluding hydrogens is 184 g/mol. The standard InChI is InChI=1S/C8H8N4O2/c9-10-4-1-2-5-6(3-4)8(14)12-11-7(5)13/h1-3,10H,9H2,(H,11,13)(H,12,14). The van der Waals surface area contributed by atoms with Gasteiger partial charge in [0.1, 0.15) is 0 Å². The Morgan fingerprint density at radius 1 is 1.07 bits per heavy atom. The largest absolute Gasteiger partial charge is 0.324 e. The molecule has 0 spiro atoms. The number of rotatable bonds is 1. The predicted molar refractivity (Wildman–Crippen MR) is 53.0 cm³/mol. The number of fused-ring (bicyclic) bond motifs is 1. The molecule has 1 aromatic carbocycles. The van der Waals surface area contributed by atoms with Gasteiger partial charge in [-0.15, -0.1) is 0 Å². The molecule has 0 atom stereocenters. The number of benzene rings is 1. The van der Waals surface area contributed by atoms with Crippen molar-refractivity contribution in [2.24, 2.45) is 5.84 Å². The van der Waals surface area contributed by atoms with Crippen LogP contribution < -0.4 is 22.4 Å². The minimum Gasteiger partial charge on any atom is -0.324 e. The van der Waals surface area contributed by atoms with Crippen molar-refractivity contribution in [1.29, 1.82) is 0 Å². The Balaban J connectivity index is 2.94. The van der Waals surface area contributed by atoms with Crippen LogP contribution in [0.3, 0.4) is 0 Å². The van der Waals surface area contributed by atoms with Crippen molar-refractivity contribution in [3.05, 3.63) is 38.9 Å². The lowest BCUT2D eigenvalue weighted by atomic mass is 10.2. The van der Waals surface area contributed by atoms with Gasteiger partial charge in [0.15, 0.2) is 0 Å². The summed E-state index contributed by atoms with van der Waals surface area (Å²) < 4.78 is 0. The summed E-state index contributed by atoms with van der Waals surface area (Å²) in [7, 11) is 0. The summed E-state index contributed by atoms with van der Waals surface area (Å²) in [5, 5.41) is 5.12. The minimum absolute atomic E-state index is 0.309. The number of nitrogen functional groups attached to an aromatic ring is 1. The Morgan fingerprint density at radius 2 is 1.71 bits per heavy atom. The van der Waals surface area contributed by atoms with Crippen LogP contribution in [-0.4, -0.2) is 10.2 Å². The van der Waals surface area contributed by atoms with Crippen LogP contribution in [0.25, 0.3) is 10.8 Å². The Morgan fingerprint density at radius 3 is 2.36 bits per heavy atom. The highest BCUT2D eigenvalue weighted by molar-refractivity contribution is 5.83. The highest BCUT2D eigenvalue weighted by Gasteiger charge is 2.02. The Hall–Kier alpha value is -2.08. The number of aromatic amines is 2. The van der Waals surface area contributed by atoms with Gasteiger partial charge in [-0.1, -0.05) is 0 Å². The molecule has 1 aromatic heterocycles. The van der Waals surface area contributed by atoms with E-state index in [4.69, 9.17) is 5.84 Å². The van der Waals surface area contributed by atoms with E-state index in [0.29, 0.717) is 16.5 Å². The van der Waals surface area contributed by atoms with Crippen LogP contribution in [0.4, 0.5) is 5.69 Å². The molecule has 1 heterocycles. The van der Waals surface area contributed by atoms with Crippen molar-refractivity contribution in [1.82, 2.24) is 10.2 Å². The van der Waals surface area contributed by atoms with E-state index in [-0.39, 0.29) is 11.1 Å². The SMILES string of the molecule is NNc1ccc2c(=O)[nH][nH]c(=O)c2c1. The average molecular weight is 192 g/mol. The van der Waals surface area contributed by atoms with Crippen molar-refractivity contribution in [3.8, 4) is 0 Å². The van der Waals surface area contributed by atoms with Crippen molar-refractivity contribution in [3.63, 3.8) is 0 Å². The quantitative estimate of drug-likeness (QED) is 0.361. The van der Waals surface area contributed by atoms with Gasteiger partial charge in [-0.3, -0.25) is 25.6 Å². The molecule has 5 N–H and O–H groups in total. The van der Waals surface area contributed by atoms with Crippen molar-refractivity contribution < 1.29 is 0 Å². The third kappa shape index (κ3) is 1.17. The van der Waals surface area contributed by atoms with Gasteiger partial charge in [0, 0.05) is 5.69 Å². The molecule has 0 unspecified atom stereocenters. The fourth-order valence-electron chi connectivity index (χ4n) is 1.27. The zero-order valence-electron chi connectivity index (χ0n) is 7.13. The Bertz CT molecular complexity index is 584. The second kappa shape index (κ2) is 3.00. The molecule has 0 saturated carbocycles. The molecule has 0 bridgehead atoms. The van der Waals surface area contributed by atoms with Crippen LogP contribution in [-0.2, 0) is 0 Å². The second-order valence-electron chi connectivity index (χ2n) is 2.81. The van der Waals surface area contributed by atoms with Gasteiger partial charge in [0.2, 0.25) is 0 Å². The maximum Gasteiger partial charge on any atom is 0.270 e. The zero-order chi connectivity index (χ0) is 10.1. The molecule has 6 heteroatoms. The normalized spacial score (nSPS) is 10.4. The number of aromatic nitrogens is 2. The van der Waals surface area contributed by atoms with Gasteiger partial charge < -0.3 is 5.43 Å². The highest BCUT2D eigenvalue weighted by Crippen LogP contribution is 2.10. The molecule has 72 valence electrons. The van der Waals surface area contributed by atoms with Crippen LogP contribution in [0, 0.1) is 0 Å². The molecular formula is C8H8N4O2. The predicted octanol–water partition coefficient (Wildman–Crippen LogP) is -0.498. The van der Waals surface area contributed by atoms with Crippen LogP contribution in [0.2, 0.25) is 0 Å². The molecule has 2 aromatic rings. The third-order valence-corrected chi connectivity index (χ3v) is 1.97. The average Bonchev–Trinajstić information content (AvgIpc) is 2.23. The summed E-state index contributed by atoms with van der Waals surface area (Å²) in [6.07, 6.45) is 0. The first-order valence-electron chi connectivity index (χ1n) is 3.93. The van der Waals surface area contributed by atoms with E-state index in [1.165, 1.54) is 6.07 Å². The van der Waals surface area contributed by atoms with Crippen LogP contribution >= 0.6 is 0 Å². The molecule has 6 nitrogen and oxygen atoms in total. The van der Waals surface area contributed by atoms with Gasteiger partial charge in [0.25, 0.3) is 11.1 Å². The molecule has 2 rings (SSSR count). The summed E-state index contributed by atoms with van der Waals surface area (Å²) in [5.41, 5.74) is 2.30. The monoisotopic (exact) mass is 192 g/mol. The first-order chi connectivity index (χ1) is 6.72.